The monoisotopic (exact) mass is 374 g/mol. The van der Waals surface area contributed by atoms with E-state index in [1.54, 1.807) is 13.0 Å². The van der Waals surface area contributed by atoms with E-state index in [1.807, 2.05) is 6.92 Å². The second-order valence-electron chi connectivity index (χ2n) is 5.44. The number of rotatable bonds is 6. The quantitative estimate of drug-likeness (QED) is 0.844. The van der Waals surface area contributed by atoms with Crippen LogP contribution in [0.5, 0.6) is 5.88 Å². The summed E-state index contributed by atoms with van der Waals surface area (Å²) in [5.74, 6) is -0.261. The first-order valence-electron chi connectivity index (χ1n) is 7.29. The predicted molar refractivity (Wildman–Crippen MR) is 85.7 cm³/mol. The molecule has 0 radical (unpaired) electrons. The number of ether oxygens (including phenoxy) is 1. The predicted octanol–water partition coefficient (Wildman–Crippen LogP) is 3.12. The molecule has 1 aromatic heterocycles. The maximum atomic E-state index is 12.3. The van der Waals surface area contributed by atoms with Gasteiger partial charge in [0, 0.05) is 18.3 Å². The number of hydrogen-bond donors (Lipinski definition) is 1. The van der Waals surface area contributed by atoms with Crippen molar-refractivity contribution in [1.82, 2.24) is 9.71 Å². The second-order valence-corrected chi connectivity index (χ2v) is 7.21. The Labute approximate surface area is 143 Å². The molecule has 0 aliphatic heterocycles. The molecule has 136 valence electrons. The van der Waals surface area contributed by atoms with Crippen molar-refractivity contribution >= 4 is 10.0 Å². The standard InChI is InChI=1S/C16H17F3N2O3S/c1-11-5-6-14(8-12(11)2)25(22,23)21-9-13-4-3-7-20-15(13)24-10-16(17,18)19/h3-8,21H,9-10H2,1-2H3. The third kappa shape index (κ3) is 5.43. The van der Waals surface area contributed by atoms with E-state index in [0.29, 0.717) is 0 Å². The Bertz CT molecular complexity index is 852. The fourth-order valence-corrected chi connectivity index (χ4v) is 3.07. The smallest absolute Gasteiger partial charge is 0.422 e. The second kappa shape index (κ2) is 7.40. The molecule has 0 aliphatic rings. The van der Waals surface area contributed by atoms with Gasteiger partial charge in [0.25, 0.3) is 0 Å². The Morgan fingerprint density at radius 3 is 2.52 bits per heavy atom. The van der Waals surface area contributed by atoms with Crippen LogP contribution in [0.4, 0.5) is 13.2 Å². The van der Waals surface area contributed by atoms with E-state index in [0.717, 1.165) is 11.1 Å². The third-order valence-electron chi connectivity index (χ3n) is 3.46. The van der Waals surface area contributed by atoms with Crippen molar-refractivity contribution in [2.45, 2.75) is 31.5 Å². The van der Waals surface area contributed by atoms with Crippen molar-refractivity contribution in [2.24, 2.45) is 0 Å². The molecule has 2 aromatic rings. The van der Waals surface area contributed by atoms with Crippen LogP contribution in [0.3, 0.4) is 0 Å². The maximum absolute atomic E-state index is 12.3. The van der Waals surface area contributed by atoms with Gasteiger partial charge in [-0.3, -0.25) is 0 Å². The zero-order valence-electron chi connectivity index (χ0n) is 13.6. The zero-order valence-corrected chi connectivity index (χ0v) is 14.4. The Kier molecular flexibility index (Phi) is 5.69. The van der Waals surface area contributed by atoms with E-state index in [4.69, 9.17) is 0 Å². The highest BCUT2D eigenvalue weighted by Crippen LogP contribution is 2.21. The number of aromatic nitrogens is 1. The van der Waals surface area contributed by atoms with Gasteiger partial charge in [-0.2, -0.15) is 13.2 Å². The molecule has 0 amide bonds. The summed E-state index contributed by atoms with van der Waals surface area (Å²) in [6.45, 7) is 1.91. The van der Waals surface area contributed by atoms with E-state index in [-0.39, 0.29) is 22.9 Å². The summed E-state index contributed by atoms with van der Waals surface area (Å²) in [6, 6.07) is 7.62. The number of nitrogens with zero attached hydrogens (tertiary/aromatic N) is 1. The molecule has 1 heterocycles. The molecule has 0 saturated heterocycles. The van der Waals surface area contributed by atoms with Crippen LogP contribution in [0, 0.1) is 13.8 Å². The molecule has 25 heavy (non-hydrogen) atoms. The number of sulfonamides is 1. The number of pyridine rings is 1. The van der Waals surface area contributed by atoms with Crippen molar-refractivity contribution in [3.05, 3.63) is 53.2 Å². The number of aryl methyl sites for hydroxylation is 2. The van der Waals surface area contributed by atoms with E-state index in [9.17, 15) is 21.6 Å². The van der Waals surface area contributed by atoms with Crippen molar-refractivity contribution in [1.29, 1.82) is 0 Å². The fraction of sp³-hybridized carbons (Fsp3) is 0.312. The summed E-state index contributed by atoms with van der Waals surface area (Å²) in [5, 5.41) is 0. The van der Waals surface area contributed by atoms with Crippen LogP contribution in [0.15, 0.2) is 41.4 Å². The first-order chi connectivity index (χ1) is 11.6. The first kappa shape index (κ1) is 19.2. The van der Waals surface area contributed by atoms with E-state index < -0.39 is 22.8 Å². The van der Waals surface area contributed by atoms with Crippen LogP contribution in [-0.4, -0.2) is 26.2 Å². The Hall–Kier alpha value is -2.13. The molecule has 0 bridgehead atoms. The number of benzene rings is 1. The topological polar surface area (TPSA) is 68.3 Å². The van der Waals surface area contributed by atoms with Gasteiger partial charge in [0.1, 0.15) is 0 Å². The summed E-state index contributed by atoms with van der Waals surface area (Å²) >= 11 is 0. The van der Waals surface area contributed by atoms with Crippen LogP contribution >= 0.6 is 0 Å². The van der Waals surface area contributed by atoms with Crippen LogP contribution in [0.25, 0.3) is 0 Å². The Morgan fingerprint density at radius 2 is 1.88 bits per heavy atom. The van der Waals surface area contributed by atoms with Gasteiger partial charge in [-0.05, 0) is 43.2 Å². The van der Waals surface area contributed by atoms with Crippen LogP contribution in [0.1, 0.15) is 16.7 Å². The van der Waals surface area contributed by atoms with E-state index in [1.165, 1.54) is 30.5 Å². The fourth-order valence-electron chi connectivity index (χ4n) is 1.98. The molecule has 1 aromatic carbocycles. The molecular formula is C16H17F3N2O3S. The van der Waals surface area contributed by atoms with Gasteiger partial charge >= 0.3 is 6.18 Å². The number of hydrogen-bond acceptors (Lipinski definition) is 4. The molecule has 0 spiro atoms. The normalized spacial score (nSPS) is 12.2. The largest absolute Gasteiger partial charge is 0.468 e. The maximum Gasteiger partial charge on any atom is 0.422 e. The van der Waals surface area contributed by atoms with Crippen molar-refractivity contribution in [3.8, 4) is 5.88 Å². The first-order valence-corrected chi connectivity index (χ1v) is 8.77. The average Bonchev–Trinajstić information content (AvgIpc) is 2.53. The lowest BCUT2D eigenvalue weighted by atomic mass is 10.1. The summed E-state index contributed by atoms with van der Waals surface area (Å²) < 4.78 is 68.5. The van der Waals surface area contributed by atoms with Gasteiger partial charge in [0.2, 0.25) is 15.9 Å². The van der Waals surface area contributed by atoms with Crippen LogP contribution in [-0.2, 0) is 16.6 Å². The molecule has 1 N–H and O–H groups in total. The zero-order chi connectivity index (χ0) is 18.7. The highest BCUT2D eigenvalue weighted by Gasteiger charge is 2.29. The Morgan fingerprint density at radius 1 is 1.16 bits per heavy atom. The lowest BCUT2D eigenvalue weighted by Gasteiger charge is -2.13. The van der Waals surface area contributed by atoms with E-state index in [2.05, 4.69) is 14.4 Å². The van der Waals surface area contributed by atoms with Gasteiger partial charge in [0.15, 0.2) is 6.61 Å². The minimum absolute atomic E-state index is 0.0808. The number of alkyl halides is 3. The van der Waals surface area contributed by atoms with Gasteiger partial charge in [-0.1, -0.05) is 12.1 Å². The van der Waals surface area contributed by atoms with Gasteiger partial charge < -0.3 is 4.74 Å². The van der Waals surface area contributed by atoms with Crippen molar-refractivity contribution in [3.63, 3.8) is 0 Å². The van der Waals surface area contributed by atoms with Gasteiger partial charge in [-0.25, -0.2) is 18.1 Å². The minimum Gasteiger partial charge on any atom is -0.468 e. The summed E-state index contributed by atoms with van der Waals surface area (Å²) in [7, 11) is -3.81. The van der Waals surface area contributed by atoms with Gasteiger partial charge in [0.05, 0.1) is 4.90 Å². The lowest BCUT2D eigenvalue weighted by Crippen LogP contribution is -2.25. The molecule has 9 heteroatoms. The van der Waals surface area contributed by atoms with Gasteiger partial charge in [-0.15, -0.1) is 0 Å². The summed E-state index contributed by atoms with van der Waals surface area (Å²) in [6.07, 6.45) is -3.24. The highest BCUT2D eigenvalue weighted by atomic mass is 32.2. The van der Waals surface area contributed by atoms with Crippen LogP contribution < -0.4 is 9.46 Å². The number of halogens is 3. The molecule has 0 fully saturated rings. The number of nitrogens with one attached hydrogen (secondary N) is 1. The van der Waals surface area contributed by atoms with Crippen molar-refractivity contribution < 1.29 is 26.3 Å². The molecule has 5 nitrogen and oxygen atoms in total. The molecule has 0 atom stereocenters. The molecule has 0 aliphatic carbocycles. The third-order valence-corrected chi connectivity index (χ3v) is 4.86. The minimum atomic E-state index is -4.51. The Balaban J connectivity index is 2.13. The van der Waals surface area contributed by atoms with Crippen LogP contribution in [0.2, 0.25) is 0 Å². The van der Waals surface area contributed by atoms with E-state index >= 15 is 0 Å². The summed E-state index contributed by atoms with van der Waals surface area (Å²) in [5.41, 5.74) is 1.98. The molecule has 0 saturated carbocycles. The van der Waals surface area contributed by atoms with Crippen molar-refractivity contribution in [2.75, 3.05) is 6.61 Å². The molecular weight excluding hydrogens is 357 g/mol. The highest BCUT2D eigenvalue weighted by molar-refractivity contribution is 7.89. The molecule has 0 unspecified atom stereocenters. The SMILES string of the molecule is Cc1ccc(S(=O)(=O)NCc2cccnc2OCC(F)(F)F)cc1C. The lowest BCUT2D eigenvalue weighted by molar-refractivity contribution is -0.154. The average molecular weight is 374 g/mol. The summed E-state index contributed by atoms with van der Waals surface area (Å²) in [4.78, 5) is 3.80. The molecule has 2 rings (SSSR count).